The molecule has 2 aliphatic carbocycles. The van der Waals surface area contributed by atoms with Gasteiger partial charge in [0.1, 0.15) is 18.4 Å². The zero-order valence-electron chi connectivity index (χ0n) is 30.2. The van der Waals surface area contributed by atoms with Crippen LogP contribution in [0.4, 0.5) is 5.82 Å². The van der Waals surface area contributed by atoms with Crippen LogP contribution in [0.15, 0.2) is 77.5 Å². The molecule has 0 spiro atoms. The molecule has 0 radical (unpaired) electrons. The first-order valence-corrected chi connectivity index (χ1v) is 19.1. The van der Waals surface area contributed by atoms with Crippen LogP contribution in [-0.4, -0.2) is 76.1 Å². The number of nitrogens with two attached hydrogens (primary N) is 1. The van der Waals surface area contributed by atoms with Crippen LogP contribution < -0.4 is 16.4 Å². The van der Waals surface area contributed by atoms with Gasteiger partial charge < -0.3 is 46.3 Å². The lowest BCUT2D eigenvalue weighted by Gasteiger charge is -2.47. The zero-order chi connectivity index (χ0) is 37.3. The number of aliphatic hydroxyl groups excluding tert-OH is 2. The summed E-state index contributed by atoms with van der Waals surface area (Å²) in [4.78, 5) is 42.9. The van der Waals surface area contributed by atoms with Crippen LogP contribution in [0.3, 0.4) is 0 Å². The van der Waals surface area contributed by atoms with Gasteiger partial charge in [-0.15, -0.1) is 0 Å². The van der Waals surface area contributed by atoms with E-state index in [-0.39, 0.29) is 48.3 Å². The molecule has 11 nitrogen and oxygen atoms in total. The molecule has 0 fully saturated rings. The number of H-pyrrole nitrogens is 1. The highest BCUT2D eigenvalue weighted by Gasteiger charge is 2.44. The molecule has 8 unspecified atom stereocenters. The molecule has 1 aromatic heterocycles. The number of aliphatic carboxylic acids is 1. The van der Waals surface area contributed by atoms with E-state index in [2.05, 4.69) is 57.0 Å². The number of nitrogens with zero attached hydrogens (tertiary/aromatic N) is 1. The fourth-order valence-corrected chi connectivity index (χ4v) is 8.96. The minimum atomic E-state index is -1.02. The average Bonchev–Trinajstić information content (AvgIpc) is 3.66. The van der Waals surface area contributed by atoms with E-state index < -0.39 is 12.1 Å². The lowest BCUT2D eigenvalue weighted by Crippen LogP contribution is -2.49. The predicted octanol–water partition coefficient (Wildman–Crippen LogP) is 5.03. The molecule has 6 rings (SSSR count). The van der Waals surface area contributed by atoms with E-state index in [1.54, 1.807) is 0 Å². The first kappa shape index (κ1) is 38.0. The maximum atomic E-state index is 12.4. The highest BCUT2D eigenvalue weighted by atomic mass is 16.4. The topological polar surface area (TPSA) is 190 Å². The van der Waals surface area contributed by atoms with Crippen molar-refractivity contribution < 1.29 is 29.7 Å². The molecule has 53 heavy (non-hydrogen) atoms. The van der Waals surface area contributed by atoms with E-state index in [9.17, 15) is 29.7 Å². The number of carbonyl (C=O) groups excluding carboxylic acids is 2. The number of carbonyl (C=O) groups is 3. The third-order valence-electron chi connectivity index (χ3n) is 11.6. The molecule has 2 bridgehead atoms. The smallest absolute Gasteiger partial charge is 0.328 e. The summed E-state index contributed by atoms with van der Waals surface area (Å²) < 4.78 is 0. The highest BCUT2D eigenvalue weighted by molar-refractivity contribution is 5.86. The molecule has 3 aromatic rings. The number of anilines is 1. The Bertz CT molecular complexity index is 1820. The van der Waals surface area contributed by atoms with Crippen molar-refractivity contribution in [3.8, 4) is 0 Å². The van der Waals surface area contributed by atoms with Gasteiger partial charge in [0.05, 0.1) is 18.2 Å². The fourth-order valence-electron chi connectivity index (χ4n) is 8.96. The van der Waals surface area contributed by atoms with Crippen molar-refractivity contribution in [3.63, 3.8) is 0 Å². The van der Waals surface area contributed by atoms with Crippen molar-refractivity contribution in [1.82, 2.24) is 10.3 Å². The normalized spacial score (nSPS) is 24.0. The maximum absolute atomic E-state index is 12.4. The summed E-state index contributed by atoms with van der Waals surface area (Å²) in [6, 6.07) is 14.0. The summed E-state index contributed by atoms with van der Waals surface area (Å²) in [7, 11) is 0. The minimum absolute atomic E-state index is 0.0497. The number of allylic oxidation sites excluding steroid dienone is 2. The van der Waals surface area contributed by atoms with Gasteiger partial charge in [0, 0.05) is 37.8 Å². The summed E-state index contributed by atoms with van der Waals surface area (Å²) >= 11 is 0. The monoisotopic (exact) mass is 723 g/mol. The molecule has 3 aliphatic rings. The second-order valence-corrected chi connectivity index (χ2v) is 15.0. The Morgan fingerprint density at radius 1 is 1.08 bits per heavy atom. The quantitative estimate of drug-likeness (QED) is 0.0505. The number of guanidine groups is 1. The molecule has 8 atom stereocenters. The Morgan fingerprint density at radius 2 is 1.94 bits per heavy atom. The third-order valence-corrected chi connectivity index (χ3v) is 11.6. The number of aldehydes is 2. The van der Waals surface area contributed by atoms with Crippen LogP contribution >= 0.6 is 0 Å². The number of aromatic amines is 1. The Morgan fingerprint density at radius 3 is 2.68 bits per heavy atom. The van der Waals surface area contributed by atoms with Gasteiger partial charge in [-0.05, 0) is 127 Å². The number of nitrogens with one attached hydrogen (secondary N) is 3. The second-order valence-electron chi connectivity index (χ2n) is 15.0. The van der Waals surface area contributed by atoms with Gasteiger partial charge in [0.2, 0.25) is 0 Å². The van der Waals surface area contributed by atoms with Gasteiger partial charge in [-0.2, -0.15) is 0 Å². The Hall–Kier alpha value is -4.74. The number of carboxylic acid groups (broad SMARTS) is 1. The van der Waals surface area contributed by atoms with Gasteiger partial charge in [-0.3, -0.25) is 4.99 Å². The SMILES string of the molecule is NC1=NCCC(C(=CC(=O)O)C(CC2C3C=CC(CCC(O)CCC(C=O)CCCO)C2c2cc4cc(CC=O)ccc4cc2C3)Nc2ccc[nH]2)N1. The summed E-state index contributed by atoms with van der Waals surface area (Å²) in [5, 5.41) is 39.6. The first-order chi connectivity index (χ1) is 25.8. The Balaban J connectivity index is 1.34. The molecular formula is C42H53N5O6. The van der Waals surface area contributed by atoms with Crippen molar-refractivity contribution in [2.24, 2.45) is 34.4 Å². The van der Waals surface area contributed by atoms with Gasteiger partial charge in [-0.25, -0.2) is 4.79 Å². The van der Waals surface area contributed by atoms with Gasteiger partial charge in [0.15, 0.2) is 5.96 Å². The van der Waals surface area contributed by atoms with E-state index in [0.29, 0.717) is 69.4 Å². The van der Waals surface area contributed by atoms with Gasteiger partial charge in [0.25, 0.3) is 0 Å². The van der Waals surface area contributed by atoms with Crippen molar-refractivity contribution in [2.45, 2.75) is 88.3 Å². The molecule has 282 valence electrons. The number of hydrogen-bond donors (Lipinski definition) is 7. The highest BCUT2D eigenvalue weighted by Crippen LogP contribution is 2.52. The molecule has 0 saturated heterocycles. The van der Waals surface area contributed by atoms with Crippen LogP contribution in [0, 0.1) is 23.7 Å². The number of aliphatic imine (C=N–C) groups is 1. The Labute approximate surface area is 310 Å². The number of benzene rings is 2. The first-order valence-electron chi connectivity index (χ1n) is 19.1. The van der Waals surface area contributed by atoms with E-state index >= 15 is 0 Å². The lowest BCUT2D eigenvalue weighted by molar-refractivity contribution is -0.131. The number of carboxylic acids is 1. The summed E-state index contributed by atoms with van der Waals surface area (Å²) in [5.74, 6) is 0.469. The van der Waals surface area contributed by atoms with Crippen molar-refractivity contribution in [1.29, 1.82) is 0 Å². The van der Waals surface area contributed by atoms with E-state index in [0.717, 1.165) is 47.6 Å². The van der Waals surface area contributed by atoms with Crippen LogP contribution in [0.2, 0.25) is 0 Å². The average molecular weight is 724 g/mol. The number of aliphatic hydroxyl groups is 2. The molecule has 8 N–H and O–H groups in total. The largest absolute Gasteiger partial charge is 0.478 e. The van der Waals surface area contributed by atoms with Crippen LogP contribution in [-0.2, 0) is 27.2 Å². The molecule has 0 amide bonds. The fraction of sp³-hybridized carbons (Fsp3) is 0.476. The number of aromatic nitrogens is 1. The van der Waals surface area contributed by atoms with Gasteiger partial charge >= 0.3 is 5.97 Å². The Kier molecular flexibility index (Phi) is 12.8. The zero-order valence-corrected chi connectivity index (χ0v) is 30.2. The maximum Gasteiger partial charge on any atom is 0.328 e. The predicted molar refractivity (Wildman–Crippen MR) is 207 cm³/mol. The summed E-state index contributed by atoms with van der Waals surface area (Å²) in [6.07, 6.45) is 15.2. The van der Waals surface area contributed by atoms with Crippen molar-refractivity contribution in [2.75, 3.05) is 18.5 Å². The number of fused-ring (bicyclic) bond motifs is 5. The van der Waals surface area contributed by atoms with E-state index in [4.69, 9.17) is 5.73 Å². The van der Waals surface area contributed by atoms with Crippen molar-refractivity contribution in [3.05, 3.63) is 89.2 Å². The number of rotatable bonds is 19. The summed E-state index contributed by atoms with van der Waals surface area (Å²) in [5.41, 5.74) is 10.4. The van der Waals surface area contributed by atoms with E-state index in [1.165, 1.54) is 17.2 Å². The van der Waals surface area contributed by atoms with Gasteiger partial charge in [-0.1, -0.05) is 42.5 Å². The van der Waals surface area contributed by atoms with Crippen LogP contribution in [0.25, 0.3) is 10.8 Å². The lowest BCUT2D eigenvalue weighted by atomic mass is 9.58. The third kappa shape index (κ3) is 9.44. The molecular weight excluding hydrogens is 670 g/mol. The standard InChI is InChI=1S/C42H53N5O6/c43-42-45-16-13-37(47-42)36(24-40(52)53)38(46-39-4-1-15-44-39)23-35-30-9-8-28(10-12-33(51)11-6-27(25-50)3-2-17-48)41(35)34-22-31-19-26(14-18-49)5-7-29(31)20-32(34)21-30/h1,4-5,7-9,15,18-20,22,24-25,27-28,30,33,35,37-38,41,44,46,48,51H,2-3,6,10-14,16-17,21,23H2,(H,52,53)(H3,43,45,47). The number of hydrogen-bond acceptors (Lipinski definition) is 9. The summed E-state index contributed by atoms with van der Waals surface area (Å²) in [6.45, 7) is 0.549. The van der Waals surface area contributed by atoms with Crippen LogP contribution in [0.5, 0.6) is 0 Å². The molecule has 1 aliphatic heterocycles. The second kappa shape index (κ2) is 17.9. The molecule has 2 heterocycles. The minimum Gasteiger partial charge on any atom is -0.478 e. The molecule has 2 aromatic carbocycles. The van der Waals surface area contributed by atoms with E-state index in [1.807, 2.05) is 24.4 Å². The van der Waals surface area contributed by atoms with Crippen LogP contribution in [0.1, 0.15) is 74.0 Å². The molecule has 0 saturated carbocycles. The van der Waals surface area contributed by atoms with Crippen molar-refractivity contribution >= 4 is 41.1 Å². The molecule has 11 heteroatoms.